The summed E-state index contributed by atoms with van der Waals surface area (Å²) in [4.78, 5) is -0.334. The molecule has 0 saturated heterocycles. The lowest BCUT2D eigenvalue weighted by Crippen LogP contribution is -2.28. The van der Waals surface area contributed by atoms with Crippen molar-refractivity contribution in [2.24, 2.45) is 5.92 Å². The highest BCUT2D eigenvalue weighted by molar-refractivity contribution is 7.91. The van der Waals surface area contributed by atoms with Crippen LogP contribution in [0.3, 0.4) is 0 Å². The van der Waals surface area contributed by atoms with Gasteiger partial charge in [0.1, 0.15) is 0 Å². The van der Waals surface area contributed by atoms with Crippen LogP contribution in [0.25, 0.3) is 0 Å². The van der Waals surface area contributed by atoms with Crippen molar-refractivity contribution < 1.29 is 21.6 Å². The number of alkyl halides is 3. The third-order valence-electron chi connectivity index (χ3n) is 2.09. The number of hydrogen-bond acceptors (Lipinski definition) is 3. The standard InChI is InChI=1S/C10H7ClF3NO2S/c11-8-2-1-3-9(4-8)18(16,17)6-7(5-15)10(12,13)14/h1-4,7H,6H2. The maximum atomic E-state index is 12.3. The Kier molecular flexibility index (Phi) is 4.24. The van der Waals surface area contributed by atoms with E-state index in [2.05, 4.69) is 0 Å². The van der Waals surface area contributed by atoms with Crippen molar-refractivity contribution in [1.82, 2.24) is 0 Å². The van der Waals surface area contributed by atoms with Crippen LogP contribution in [0.5, 0.6) is 0 Å². The van der Waals surface area contributed by atoms with E-state index in [0.717, 1.165) is 18.2 Å². The second kappa shape index (κ2) is 5.16. The second-order valence-corrected chi connectivity index (χ2v) is 5.93. The molecule has 1 unspecified atom stereocenters. The van der Waals surface area contributed by atoms with Crippen LogP contribution in [0.2, 0.25) is 5.02 Å². The van der Waals surface area contributed by atoms with E-state index in [9.17, 15) is 21.6 Å². The molecule has 1 atom stereocenters. The molecular formula is C10H7ClF3NO2S. The molecule has 98 valence electrons. The molecule has 0 bridgehead atoms. The van der Waals surface area contributed by atoms with E-state index in [0.29, 0.717) is 0 Å². The van der Waals surface area contributed by atoms with Gasteiger partial charge in [-0.05, 0) is 18.2 Å². The Morgan fingerprint density at radius 1 is 1.39 bits per heavy atom. The minimum Gasteiger partial charge on any atom is -0.224 e. The van der Waals surface area contributed by atoms with Gasteiger partial charge in [-0.15, -0.1) is 0 Å². The summed E-state index contributed by atoms with van der Waals surface area (Å²) in [5, 5.41) is 8.46. The van der Waals surface area contributed by atoms with E-state index in [-0.39, 0.29) is 9.92 Å². The average Bonchev–Trinajstić information content (AvgIpc) is 2.24. The molecule has 0 aliphatic heterocycles. The molecule has 0 N–H and O–H groups in total. The van der Waals surface area contributed by atoms with Crippen molar-refractivity contribution in [2.75, 3.05) is 5.75 Å². The number of halogens is 4. The summed E-state index contributed by atoms with van der Waals surface area (Å²) in [6.07, 6.45) is -4.87. The minimum absolute atomic E-state index is 0.0941. The molecular weight excluding hydrogens is 291 g/mol. The first-order chi connectivity index (χ1) is 8.16. The van der Waals surface area contributed by atoms with Crippen LogP contribution < -0.4 is 0 Å². The summed E-state index contributed by atoms with van der Waals surface area (Å²) >= 11 is 5.56. The van der Waals surface area contributed by atoms with Gasteiger partial charge in [-0.2, -0.15) is 18.4 Å². The number of nitrogens with zero attached hydrogens (tertiary/aromatic N) is 1. The number of sulfone groups is 1. The molecule has 0 fully saturated rings. The zero-order valence-corrected chi connectivity index (χ0v) is 10.4. The quantitative estimate of drug-likeness (QED) is 0.862. The lowest BCUT2D eigenvalue weighted by molar-refractivity contribution is -0.153. The molecule has 0 amide bonds. The molecule has 1 aromatic rings. The van der Waals surface area contributed by atoms with Gasteiger partial charge in [-0.1, -0.05) is 17.7 Å². The van der Waals surface area contributed by atoms with E-state index >= 15 is 0 Å². The maximum Gasteiger partial charge on any atom is 0.405 e. The third kappa shape index (κ3) is 3.62. The van der Waals surface area contributed by atoms with Crippen LogP contribution in [-0.4, -0.2) is 20.3 Å². The van der Waals surface area contributed by atoms with Crippen LogP contribution >= 0.6 is 11.6 Å². The molecule has 0 aromatic heterocycles. The number of nitriles is 1. The predicted molar refractivity (Wildman–Crippen MR) is 58.7 cm³/mol. The molecule has 1 aromatic carbocycles. The van der Waals surface area contributed by atoms with Crippen molar-refractivity contribution in [3.05, 3.63) is 29.3 Å². The number of benzene rings is 1. The summed E-state index contributed by atoms with van der Waals surface area (Å²) in [5.41, 5.74) is 0. The van der Waals surface area contributed by atoms with Crippen molar-refractivity contribution in [1.29, 1.82) is 5.26 Å². The van der Waals surface area contributed by atoms with E-state index in [1.807, 2.05) is 0 Å². The van der Waals surface area contributed by atoms with E-state index < -0.39 is 27.7 Å². The van der Waals surface area contributed by atoms with Crippen molar-refractivity contribution in [2.45, 2.75) is 11.1 Å². The fourth-order valence-corrected chi connectivity index (χ4v) is 2.92. The summed E-state index contributed by atoms with van der Waals surface area (Å²) in [6.45, 7) is 0. The molecule has 1 rings (SSSR count). The highest BCUT2D eigenvalue weighted by atomic mass is 35.5. The predicted octanol–water partition coefficient (Wildman–Crippen LogP) is 2.82. The average molecular weight is 298 g/mol. The number of rotatable bonds is 3. The Balaban J connectivity index is 3.07. The Hall–Kier alpha value is -1.26. The summed E-state index contributed by atoms with van der Waals surface area (Å²) in [5.74, 6) is -3.87. The monoisotopic (exact) mass is 297 g/mol. The van der Waals surface area contributed by atoms with Gasteiger partial charge >= 0.3 is 6.18 Å². The molecule has 0 aliphatic rings. The smallest absolute Gasteiger partial charge is 0.224 e. The lowest BCUT2D eigenvalue weighted by atomic mass is 10.2. The van der Waals surface area contributed by atoms with Gasteiger partial charge < -0.3 is 0 Å². The van der Waals surface area contributed by atoms with Crippen LogP contribution in [-0.2, 0) is 9.84 Å². The van der Waals surface area contributed by atoms with Gasteiger partial charge in [0.25, 0.3) is 0 Å². The highest BCUT2D eigenvalue weighted by Crippen LogP contribution is 2.29. The zero-order valence-electron chi connectivity index (χ0n) is 8.78. The van der Waals surface area contributed by atoms with Crippen LogP contribution in [0.4, 0.5) is 13.2 Å². The molecule has 0 heterocycles. The largest absolute Gasteiger partial charge is 0.405 e. The first-order valence-corrected chi connectivity index (χ1v) is 6.64. The van der Waals surface area contributed by atoms with Crippen molar-refractivity contribution in [3.8, 4) is 6.07 Å². The minimum atomic E-state index is -4.87. The summed E-state index contributed by atoms with van der Waals surface area (Å²) < 4.78 is 60.4. The van der Waals surface area contributed by atoms with Gasteiger partial charge in [0.05, 0.1) is 16.7 Å². The zero-order chi connectivity index (χ0) is 14.0. The summed E-state index contributed by atoms with van der Waals surface area (Å²) in [6, 6.07) is 5.82. The molecule has 8 heteroatoms. The van der Waals surface area contributed by atoms with Crippen LogP contribution in [0.1, 0.15) is 0 Å². The van der Waals surface area contributed by atoms with Crippen LogP contribution in [0, 0.1) is 17.2 Å². The SMILES string of the molecule is N#CC(CS(=O)(=O)c1cccc(Cl)c1)C(F)(F)F. The van der Waals surface area contributed by atoms with Crippen LogP contribution in [0.15, 0.2) is 29.2 Å². The van der Waals surface area contributed by atoms with Gasteiger partial charge in [0.15, 0.2) is 15.8 Å². The van der Waals surface area contributed by atoms with E-state index in [4.69, 9.17) is 16.9 Å². The lowest BCUT2D eigenvalue weighted by Gasteiger charge is -2.13. The van der Waals surface area contributed by atoms with Gasteiger partial charge in [-0.25, -0.2) is 8.42 Å². The molecule has 0 saturated carbocycles. The fraction of sp³-hybridized carbons (Fsp3) is 0.300. The normalized spacial score (nSPS) is 13.9. The Bertz CT molecular complexity index is 578. The molecule has 0 spiro atoms. The maximum absolute atomic E-state index is 12.3. The molecule has 18 heavy (non-hydrogen) atoms. The first-order valence-electron chi connectivity index (χ1n) is 4.61. The topological polar surface area (TPSA) is 57.9 Å². The highest BCUT2D eigenvalue weighted by Gasteiger charge is 2.43. The van der Waals surface area contributed by atoms with E-state index in [1.54, 1.807) is 0 Å². The van der Waals surface area contributed by atoms with E-state index in [1.165, 1.54) is 12.1 Å². The first kappa shape index (κ1) is 14.8. The van der Waals surface area contributed by atoms with Crippen molar-refractivity contribution in [3.63, 3.8) is 0 Å². The third-order valence-corrected chi connectivity index (χ3v) is 4.07. The van der Waals surface area contributed by atoms with Gasteiger partial charge in [-0.3, -0.25) is 0 Å². The Labute approximate surface area is 107 Å². The van der Waals surface area contributed by atoms with Gasteiger partial charge in [0, 0.05) is 5.02 Å². The fourth-order valence-electron chi connectivity index (χ4n) is 1.18. The molecule has 3 nitrogen and oxygen atoms in total. The molecule has 0 radical (unpaired) electrons. The van der Waals surface area contributed by atoms with Crippen molar-refractivity contribution >= 4 is 21.4 Å². The Morgan fingerprint density at radius 3 is 2.44 bits per heavy atom. The number of hydrogen-bond donors (Lipinski definition) is 0. The Morgan fingerprint density at radius 2 is 2.00 bits per heavy atom. The summed E-state index contributed by atoms with van der Waals surface area (Å²) in [7, 11) is -4.20. The molecule has 0 aliphatic carbocycles. The van der Waals surface area contributed by atoms with Gasteiger partial charge in [0.2, 0.25) is 0 Å². The second-order valence-electron chi connectivity index (χ2n) is 3.46.